The molecule has 0 atom stereocenters. The van der Waals surface area contributed by atoms with E-state index in [1.54, 1.807) is 13.1 Å². The van der Waals surface area contributed by atoms with Gasteiger partial charge in [0.05, 0.1) is 12.9 Å². The predicted octanol–water partition coefficient (Wildman–Crippen LogP) is 0.639. The Hall–Kier alpha value is -1.69. The summed E-state index contributed by atoms with van der Waals surface area (Å²) in [4.78, 5) is 20.5. The third-order valence-electron chi connectivity index (χ3n) is 1.91. The fourth-order valence-electron chi connectivity index (χ4n) is 1.20. The van der Waals surface area contributed by atoms with Crippen molar-refractivity contribution in [3.05, 3.63) is 39.5 Å². The smallest absolute Gasteiger partial charge is 0.253 e. The van der Waals surface area contributed by atoms with Crippen LogP contribution in [0.15, 0.2) is 23.4 Å². The van der Waals surface area contributed by atoms with Gasteiger partial charge in [0.25, 0.3) is 5.56 Å². The fraction of sp³-hybridized carbons (Fsp3) is 0.222. The highest BCUT2D eigenvalue weighted by Gasteiger charge is 2.02. The van der Waals surface area contributed by atoms with Crippen LogP contribution in [0.25, 0.3) is 0 Å². The van der Waals surface area contributed by atoms with Crippen molar-refractivity contribution >= 4 is 16.5 Å². The molecule has 5 nitrogen and oxygen atoms in total. The molecular formula is C9H10N4OS. The van der Waals surface area contributed by atoms with Crippen molar-refractivity contribution in [3.63, 3.8) is 0 Å². The molecule has 2 heterocycles. The van der Waals surface area contributed by atoms with Crippen molar-refractivity contribution in [3.8, 4) is 0 Å². The summed E-state index contributed by atoms with van der Waals surface area (Å²) in [5.41, 5.74) is 6.16. The van der Waals surface area contributed by atoms with Crippen molar-refractivity contribution in [1.29, 1.82) is 0 Å². The second-order valence-electron chi connectivity index (χ2n) is 3.16. The minimum absolute atomic E-state index is 0.0607. The van der Waals surface area contributed by atoms with Crippen LogP contribution in [-0.2, 0) is 6.54 Å². The van der Waals surface area contributed by atoms with Crippen LogP contribution in [0.5, 0.6) is 0 Å². The van der Waals surface area contributed by atoms with Gasteiger partial charge in [-0.15, -0.1) is 11.3 Å². The topological polar surface area (TPSA) is 73.8 Å². The molecule has 0 saturated carbocycles. The average Bonchev–Trinajstić information content (AvgIpc) is 2.56. The SMILES string of the molecule is Cc1cc(=O)n(Cc2cnc(N)s2)cn1. The number of thiazole rings is 1. The van der Waals surface area contributed by atoms with Gasteiger partial charge in [-0.3, -0.25) is 9.36 Å². The van der Waals surface area contributed by atoms with Gasteiger partial charge in [-0.05, 0) is 6.92 Å². The van der Waals surface area contributed by atoms with E-state index in [1.165, 1.54) is 28.3 Å². The molecule has 78 valence electrons. The minimum atomic E-state index is -0.0607. The largest absolute Gasteiger partial charge is 0.375 e. The molecule has 6 heteroatoms. The molecule has 0 amide bonds. The maximum Gasteiger partial charge on any atom is 0.253 e. The maximum atomic E-state index is 11.5. The van der Waals surface area contributed by atoms with Crippen molar-refractivity contribution < 1.29 is 0 Å². The van der Waals surface area contributed by atoms with E-state index in [2.05, 4.69) is 9.97 Å². The number of aromatic nitrogens is 3. The van der Waals surface area contributed by atoms with Gasteiger partial charge in [0, 0.05) is 22.8 Å². The van der Waals surface area contributed by atoms with Crippen LogP contribution >= 0.6 is 11.3 Å². The second kappa shape index (κ2) is 3.82. The molecule has 2 aromatic heterocycles. The summed E-state index contributed by atoms with van der Waals surface area (Å²) in [6.07, 6.45) is 3.21. The first-order chi connectivity index (χ1) is 7.15. The van der Waals surface area contributed by atoms with Gasteiger partial charge in [-0.2, -0.15) is 0 Å². The lowest BCUT2D eigenvalue weighted by Gasteiger charge is -2.01. The summed E-state index contributed by atoms with van der Waals surface area (Å²) < 4.78 is 1.53. The number of hydrogen-bond acceptors (Lipinski definition) is 5. The van der Waals surface area contributed by atoms with E-state index < -0.39 is 0 Å². The molecule has 0 radical (unpaired) electrons. The summed E-state index contributed by atoms with van der Waals surface area (Å²) in [7, 11) is 0. The van der Waals surface area contributed by atoms with Crippen LogP contribution in [0.3, 0.4) is 0 Å². The summed E-state index contributed by atoms with van der Waals surface area (Å²) in [5, 5.41) is 0.512. The van der Waals surface area contributed by atoms with Gasteiger partial charge in [0.2, 0.25) is 0 Å². The second-order valence-corrected chi connectivity index (χ2v) is 4.31. The molecule has 2 aromatic rings. The number of hydrogen-bond donors (Lipinski definition) is 1. The Balaban J connectivity index is 2.28. The first-order valence-electron chi connectivity index (χ1n) is 4.38. The number of anilines is 1. The molecular weight excluding hydrogens is 212 g/mol. The normalized spacial score (nSPS) is 10.5. The average molecular weight is 222 g/mol. The first kappa shape index (κ1) is 9.85. The molecule has 2 rings (SSSR count). The van der Waals surface area contributed by atoms with E-state index in [1.807, 2.05) is 0 Å². The Kier molecular flexibility index (Phi) is 2.51. The molecule has 2 N–H and O–H groups in total. The van der Waals surface area contributed by atoms with Crippen LogP contribution in [-0.4, -0.2) is 14.5 Å². The Bertz CT molecular complexity index is 531. The highest BCUT2D eigenvalue weighted by atomic mass is 32.1. The van der Waals surface area contributed by atoms with Crippen LogP contribution < -0.4 is 11.3 Å². The van der Waals surface area contributed by atoms with Crippen LogP contribution in [0.1, 0.15) is 10.6 Å². The molecule has 0 fully saturated rings. The maximum absolute atomic E-state index is 11.5. The number of nitrogens with two attached hydrogens (primary N) is 1. The van der Waals surface area contributed by atoms with Crippen LogP contribution in [0.2, 0.25) is 0 Å². The minimum Gasteiger partial charge on any atom is -0.375 e. The van der Waals surface area contributed by atoms with E-state index in [0.29, 0.717) is 11.7 Å². The fourth-order valence-corrected chi connectivity index (χ4v) is 1.88. The van der Waals surface area contributed by atoms with Crippen LogP contribution in [0.4, 0.5) is 5.13 Å². The summed E-state index contributed by atoms with van der Waals surface area (Å²) in [6.45, 7) is 2.26. The monoisotopic (exact) mass is 222 g/mol. The zero-order valence-corrected chi connectivity index (χ0v) is 8.99. The standard InChI is InChI=1S/C9H10N4OS/c1-6-2-8(14)13(5-12-6)4-7-3-11-9(10)15-7/h2-3,5H,4H2,1H3,(H2,10,11). The molecule has 0 saturated heterocycles. The predicted molar refractivity (Wildman–Crippen MR) is 58.9 cm³/mol. The molecule has 15 heavy (non-hydrogen) atoms. The summed E-state index contributed by atoms with van der Waals surface area (Å²) in [5.74, 6) is 0. The summed E-state index contributed by atoms with van der Waals surface area (Å²) >= 11 is 1.37. The molecule has 0 unspecified atom stereocenters. The lowest BCUT2D eigenvalue weighted by atomic mass is 10.4. The lowest BCUT2D eigenvalue weighted by molar-refractivity contribution is 0.738. The van der Waals surface area contributed by atoms with E-state index in [4.69, 9.17) is 5.73 Å². The van der Waals surface area contributed by atoms with Crippen molar-refractivity contribution in [2.75, 3.05) is 5.73 Å². The highest BCUT2D eigenvalue weighted by Crippen LogP contribution is 2.14. The zero-order valence-electron chi connectivity index (χ0n) is 8.17. The van der Waals surface area contributed by atoms with Gasteiger partial charge in [0.1, 0.15) is 0 Å². The summed E-state index contributed by atoms with van der Waals surface area (Å²) in [6, 6.07) is 1.50. The Labute approximate surface area is 90.2 Å². The molecule has 0 aromatic carbocycles. The Morgan fingerprint density at radius 3 is 2.93 bits per heavy atom. The van der Waals surface area contributed by atoms with Crippen molar-refractivity contribution in [2.24, 2.45) is 0 Å². The zero-order chi connectivity index (χ0) is 10.8. The lowest BCUT2D eigenvalue weighted by Crippen LogP contribution is -2.20. The van der Waals surface area contributed by atoms with Crippen LogP contribution in [0, 0.1) is 6.92 Å². The number of nitrogen functional groups attached to an aromatic ring is 1. The van der Waals surface area contributed by atoms with Crippen molar-refractivity contribution in [1.82, 2.24) is 14.5 Å². The number of rotatable bonds is 2. The van der Waals surface area contributed by atoms with Gasteiger partial charge in [0.15, 0.2) is 5.13 Å². The molecule has 0 bridgehead atoms. The Morgan fingerprint density at radius 2 is 2.33 bits per heavy atom. The third kappa shape index (κ3) is 2.21. The quantitative estimate of drug-likeness (QED) is 0.809. The van der Waals surface area contributed by atoms with Gasteiger partial charge in [-0.1, -0.05) is 0 Å². The molecule has 0 spiro atoms. The van der Waals surface area contributed by atoms with E-state index in [-0.39, 0.29) is 5.56 Å². The third-order valence-corrected chi connectivity index (χ3v) is 2.73. The molecule has 0 aliphatic carbocycles. The van der Waals surface area contributed by atoms with E-state index in [0.717, 1.165) is 10.6 Å². The van der Waals surface area contributed by atoms with E-state index >= 15 is 0 Å². The number of aryl methyl sites for hydroxylation is 1. The highest BCUT2D eigenvalue weighted by molar-refractivity contribution is 7.15. The van der Waals surface area contributed by atoms with E-state index in [9.17, 15) is 4.79 Å². The Morgan fingerprint density at radius 1 is 1.53 bits per heavy atom. The van der Waals surface area contributed by atoms with Gasteiger partial charge >= 0.3 is 0 Å². The first-order valence-corrected chi connectivity index (χ1v) is 5.20. The van der Waals surface area contributed by atoms with Crippen molar-refractivity contribution in [2.45, 2.75) is 13.5 Å². The number of nitrogens with zero attached hydrogens (tertiary/aromatic N) is 3. The molecule has 0 aliphatic heterocycles. The molecule has 0 aliphatic rings. The van der Waals surface area contributed by atoms with Gasteiger partial charge in [-0.25, -0.2) is 9.97 Å². The van der Waals surface area contributed by atoms with Gasteiger partial charge < -0.3 is 5.73 Å².